The minimum absolute atomic E-state index is 0.0881. The van der Waals surface area contributed by atoms with E-state index in [0.29, 0.717) is 24.5 Å². The molecule has 0 aliphatic carbocycles. The van der Waals surface area contributed by atoms with E-state index in [0.717, 1.165) is 43.7 Å². The van der Waals surface area contributed by atoms with Gasteiger partial charge in [0.25, 0.3) is 0 Å². The van der Waals surface area contributed by atoms with Crippen LogP contribution in [0.3, 0.4) is 0 Å². The number of carbonyl (C=O) groups excluding carboxylic acids is 1. The smallest absolute Gasteiger partial charge is 0.225 e. The topological polar surface area (TPSA) is 54.0 Å². The Hall–Kier alpha value is -3.58. The van der Waals surface area contributed by atoms with Crippen LogP contribution in [0.2, 0.25) is 0 Å². The van der Waals surface area contributed by atoms with Crippen LogP contribution in [0.1, 0.15) is 16.7 Å². The Morgan fingerprint density at radius 2 is 1.73 bits per heavy atom. The van der Waals surface area contributed by atoms with E-state index in [4.69, 9.17) is 9.47 Å². The van der Waals surface area contributed by atoms with Crippen molar-refractivity contribution in [1.82, 2.24) is 10.2 Å². The van der Waals surface area contributed by atoms with E-state index >= 15 is 0 Å². The van der Waals surface area contributed by atoms with E-state index < -0.39 is 0 Å². The first-order chi connectivity index (χ1) is 18.1. The Kier molecular flexibility index (Phi) is 7.60. The zero-order chi connectivity index (χ0) is 25.8. The lowest BCUT2D eigenvalue weighted by Gasteiger charge is -2.49. The van der Waals surface area contributed by atoms with Crippen LogP contribution in [-0.2, 0) is 24.2 Å². The number of hydrogen-bond acceptors (Lipinski definition) is 5. The maximum atomic E-state index is 13.5. The van der Waals surface area contributed by atoms with Gasteiger partial charge in [0, 0.05) is 38.4 Å². The third-order valence-electron chi connectivity index (χ3n) is 7.53. The number of anilines is 1. The van der Waals surface area contributed by atoms with Crippen molar-refractivity contribution < 1.29 is 18.7 Å². The molecule has 0 saturated carbocycles. The van der Waals surface area contributed by atoms with Crippen molar-refractivity contribution in [2.24, 2.45) is 5.92 Å². The van der Waals surface area contributed by atoms with Gasteiger partial charge >= 0.3 is 0 Å². The molecular weight excluding hydrogens is 469 g/mol. The van der Waals surface area contributed by atoms with Gasteiger partial charge in [-0.25, -0.2) is 4.39 Å². The first kappa shape index (κ1) is 25.1. The van der Waals surface area contributed by atoms with E-state index in [-0.39, 0.29) is 23.7 Å². The number of piperazine rings is 1. The first-order valence-electron chi connectivity index (χ1n) is 12.9. The molecule has 6 nitrogen and oxygen atoms in total. The molecule has 2 aliphatic rings. The van der Waals surface area contributed by atoms with Gasteiger partial charge in [0.2, 0.25) is 5.91 Å². The number of amides is 1. The molecule has 0 spiro atoms. The molecule has 3 aromatic carbocycles. The Labute approximate surface area is 218 Å². The van der Waals surface area contributed by atoms with Gasteiger partial charge < -0.3 is 19.7 Å². The molecule has 7 heteroatoms. The zero-order valence-electron chi connectivity index (χ0n) is 21.5. The van der Waals surface area contributed by atoms with E-state index in [1.807, 2.05) is 30.3 Å². The molecular formula is C30H34FN3O3. The summed E-state index contributed by atoms with van der Waals surface area (Å²) in [6, 6.07) is 21.1. The number of hydrogen-bond donors (Lipinski definition) is 1. The van der Waals surface area contributed by atoms with Crippen LogP contribution in [0, 0.1) is 11.7 Å². The fraction of sp³-hybridized carbons (Fsp3) is 0.367. The standard InChI is InChI=1S/C30H34FN3O3/c1-36-28-12-9-21(17-29(28)37-2)13-14-32-30(35)25-18-23-5-3-4-6-26(23)34-16-15-33(20-27(25)34)19-22-7-10-24(31)11-8-22/h3-12,17,25,27H,13-16,18-20H2,1-2H3,(H,32,35). The highest BCUT2D eigenvalue weighted by Gasteiger charge is 2.41. The maximum absolute atomic E-state index is 13.5. The summed E-state index contributed by atoms with van der Waals surface area (Å²) in [7, 11) is 3.25. The summed E-state index contributed by atoms with van der Waals surface area (Å²) in [6.07, 6.45) is 1.43. The maximum Gasteiger partial charge on any atom is 0.225 e. The second kappa shape index (κ2) is 11.2. The number of para-hydroxylation sites is 1. The minimum Gasteiger partial charge on any atom is -0.493 e. The third kappa shape index (κ3) is 5.57. The monoisotopic (exact) mass is 503 g/mol. The molecule has 1 fully saturated rings. The number of nitrogens with zero attached hydrogens (tertiary/aromatic N) is 2. The van der Waals surface area contributed by atoms with Crippen LogP contribution in [0.15, 0.2) is 66.7 Å². The average molecular weight is 504 g/mol. The molecule has 0 radical (unpaired) electrons. The van der Waals surface area contributed by atoms with Gasteiger partial charge in [0.05, 0.1) is 26.2 Å². The predicted octanol–water partition coefficient (Wildman–Crippen LogP) is 4.06. The minimum atomic E-state index is -0.220. The quantitative estimate of drug-likeness (QED) is 0.503. The molecule has 194 valence electrons. The van der Waals surface area contributed by atoms with Crippen LogP contribution in [0.5, 0.6) is 11.5 Å². The van der Waals surface area contributed by atoms with Crippen LogP contribution >= 0.6 is 0 Å². The van der Waals surface area contributed by atoms with Crippen molar-refractivity contribution in [2.45, 2.75) is 25.4 Å². The number of nitrogens with one attached hydrogen (secondary N) is 1. The molecule has 37 heavy (non-hydrogen) atoms. The number of halogens is 1. The highest BCUT2D eigenvalue weighted by Crippen LogP contribution is 2.36. The summed E-state index contributed by atoms with van der Waals surface area (Å²) in [4.78, 5) is 18.3. The molecule has 0 bridgehead atoms. The average Bonchev–Trinajstić information content (AvgIpc) is 2.93. The lowest BCUT2D eigenvalue weighted by atomic mass is 9.83. The van der Waals surface area contributed by atoms with Crippen molar-refractivity contribution >= 4 is 11.6 Å². The highest BCUT2D eigenvalue weighted by molar-refractivity contribution is 5.82. The number of methoxy groups -OCH3 is 2. The molecule has 2 unspecified atom stereocenters. The van der Waals surface area contributed by atoms with Crippen LogP contribution in [0.25, 0.3) is 0 Å². The molecule has 1 N–H and O–H groups in total. The van der Waals surface area contributed by atoms with Gasteiger partial charge in [0.1, 0.15) is 5.82 Å². The van der Waals surface area contributed by atoms with Gasteiger partial charge in [-0.2, -0.15) is 0 Å². The van der Waals surface area contributed by atoms with E-state index in [1.54, 1.807) is 14.2 Å². The molecule has 2 aliphatic heterocycles. The third-order valence-corrected chi connectivity index (χ3v) is 7.53. The fourth-order valence-electron chi connectivity index (χ4n) is 5.61. The fourth-order valence-corrected chi connectivity index (χ4v) is 5.61. The van der Waals surface area contributed by atoms with Crippen LogP contribution in [0.4, 0.5) is 10.1 Å². The number of carbonyl (C=O) groups is 1. The summed E-state index contributed by atoms with van der Waals surface area (Å²) < 4.78 is 24.1. The lowest BCUT2D eigenvalue weighted by Crippen LogP contribution is -2.61. The molecule has 0 aromatic heterocycles. The van der Waals surface area contributed by atoms with Crippen LogP contribution < -0.4 is 19.7 Å². The molecule has 1 saturated heterocycles. The van der Waals surface area contributed by atoms with Gasteiger partial charge in [-0.1, -0.05) is 36.4 Å². The van der Waals surface area contributed by atoms with E-state index in [1.165, 1.54) is 23.4 Å². The lowest BCUT2D eigenvalue weighted by molar-refractivity contribution is -0.126. The molecule has 2 atom stereocenters. The predicted molar refractivity (Wildman–Crippen MR) is 143 cm³/mol. The van der Waals surface area contributed by atoms with Crippen LogP contribution in [-0.4, -0.2) is 57.2 Å². The summed E-state index contributed by atoms with van der Waals surface area (Å²) in [5.41, 5.74) is 4.63. The molecule has 3 aromatic rings. The molecule has 2 heterocycles. The van der Waals surface area contributed by atoms with Crippen molar-refractivity contribution in [3.63, 3.8) is 0 Å². The summed E-state index contributed by atoms with van der Waals surface area (Å²) in [6.45, 7) is 3.85. The Bertz CT molecular complexity index is 1230. The Balaban J connectivity index is 1.27. The van der Waals surface area contributed by atoms with Crippen molar-refractivity contribution in [2.75, 3.05) is 45.3 Å². The second-order valence-electron chi connectivity index (χ2n) is 9.79. The largest absolute Gasteiger partial charge is 0.493 e. The number of rotatable bonds is 8. The summed E-state index contributed by atoms with van der Waals surface area (Å²) >= 11 is 0. The van der Waals surface area contributed by atoms with Crippen molar-refractivity contribution in [3.8, 4) is 11.5 Å². The highest BCUT2D eigenvalue weighted by atomic mass is 19.1. The van der Waals surface area contributed by atoms with Gasteiger partial charge in [0.15, 0.2) is 11.5 Å². The van der Waals surface area contributed by atoms with E-state index in [9.17, 15) is 9.18 Å². The van der Waals surface area contributed by atoms with Gasteiger partial charge in [-0.3, -0.25) is 9.69 Å². The van der Waals surface area contributed by atoms with Gasteiger partial charge in [-0.05, 0) is 59.9 Å². The number of ether oxygens (including phenoxy) is 2. The van der Waals surface area contributed by atoms with E-state index in [2.05, 4.69) is 39.4 Å². The SMILES string of the molecule is COc1ccc(CCNC(=O)C2Cc3ccccc3N3CCN(Cc4ccc(F)cc4)CC23)cc1OC. The summed E-state index contributed by atoms with van der Waals surface area (Å²) in [5.74, 6) is 1.11. The van der Waals surface area contributed by atoms with Gasteiger partial charge in [-0.15, -0.1) is 0 Å². The second-order valence-corrected chi connectivity index (χ2v) is 9.79. The van der Waals surface area contributed by atoms with Crippen molar-refractivity contribution in [3.05, 3.63) is 89.2 Å². The molecule has 5 rings (SSSR count). The Morgan fingerprint density at radius 3 is 2.51 bits per heavy atom. The first-order valence-corrected chi connectivity index (χ1v) is 12.9. The summed E-state index contributed by atoms with van der Waals surface area (Å²) in [5, 5.41) is 3.20. The Morgan fingerprint density at radius 1 is 0.973 bits per heavy atom. The number of fused-ring (bicyclic) bond motifs is 3. The zero-order valence-corrected chi connectivity index (χ0v) is 21.5. The number of benzene rings is 3. The normalized spacial score (nSPS) is 19.1. The van der Waals surface area contributed by atoms with Crippen molar-refractivity contribution in [1.29, 1.82) is 0 Å². The molecule has 1 amide bonds.